The first-order valence-electron chi connectivity index (χ1n) is 9.77. The van der Waals surface area contributed by atoms with Gasteiger partial charge in [-0.25, -0.2) is 5.43 Å². The van der Waals surface area contributed by atoms with Crippen LogP contribution in [-0.4, -0.2) is 29.3 Å². The minimum Gasteiger partial charge on any atom is -0.506 e. The highest BCUT2D eigenvalue weighted by Crippen LogP contribution is 2.39. The van der Waals surface area contributed by atoms with Crippen molar-refractivity contribution in [1.82, 2.24) is 5.43 Å². The lowest BCUT2D eigenvalue weighted by Gasteiger charge is -2.43. The van der Waals surface area contributed by atoms with Crippen LogP contribution in [0.2, 0.25) is 0 Å². The quantitative estimate of drug-likeness (QED) is 0.360. The Balaban J connectivity index is 1.81. The van der Waals surface area contributed by atoms with Gasteiger partial charge in [-0.1, -0.05) is 35.0 Å². The first-order valence-corrected chi connectivity index (χ1v) is 11.4. The molecule has 1 heterocycles. The Kier molecular flexibility index (Phi) is 6.72. The fraction of sp³-hybridized carbons (Fsp3) is 0.304. The van der Waals surface area contributed by atoms with Crippen LogP contribution >= 0.6 is 31.9 Å². The standard InChI is InChI=1S/C23H25Br2N3O2/c1-5-8-28-20-7-6-15(9-17(20)14(2)12-23(28,3)4)13-26-27-22(30)18-10-16(24)11-19(25)21(18)29/h6-7,9-13,29H,5,8H2,1-4H3,(H,27,30)/b26-13-. The Morgan fingerprint density at radius 2 is 2.00 bits per heavy atom. The van der Waals surface area contributed by atoms with E-state index < -0.39 is 5.91 Å². The van der Waals surface area contributed by atoms with E-state index in [9.17, 15) is 9.90 Å². The van der Waals surface area contributed by atoms with E-state index in [1.165, 1.54) is 16.8 Å². The van der Waals surface area contributed by atoms with Crippen LogP contribution < -0.4 is 10.3 Å². The molecule has 0 bridgehead atoms. The SMILES string of the molecule is CCCN1c2ccc(/C=N\NC(=O)c3cc(Br)cc(Br)c3O)cc2C(C)=CC1(C)C. The molecule has 2 N–H and O–H groups in total. The first-order chi connectivity index (χ1) is 14.1. The Labute approximate surface area is 194 Å². The fourth-order valence-electron chi connectivity index (χ4n) is 3.78. The molecule has 2 aromatic carbocycles. The second-order valence-electron chi connectivity index (χ2n) is 7.89. The molecular weight excluding hydrogens is 510 g/mol. The number of rotatable bonds is 5. The molecule has 30 heavy (non-hydrogen) atoms. The number of aromatic hydroxyl groups is 1. The number of benzene rings is 2. The summed E-state index contributed by atoms with van der Waals surface area (Å²) in [6, 6.07) is 9.41. The van der Waals surface area contributed by atoms with Gasteiger partial charge in [0.1, 0.15) is 5.75 Å². The number of hydrazone groups is 1. The number of hydrogen-bond acceptors (Lipinski definition) is 4. The minimum absolute atomic E-state index is 0.0308. The van der Waals surface area contributed by atoms with Gasteiger partial charge in [-0.2, -0.15) is 5.10 Å². The van der Waals surface area contributed by atoms with Crippen LogP contribution in [0.3, 0.4) is 0 Å². The van der Waals surface area contributed by atoms with E-state index in [4.69, 9.17) is 0 Å². The predicted octanol–water partition coefficient (Wildman–Crippen LogP) is 6.09. The van der Waals surface area contributed by atoms with Crippen LogP contribution in [0.25, 0.3) is 5.57 Å². The summed E-state index contributed by atoms with van der Waals surface area (Å²) in [4.78, 5) is 14.8. The summed E-state index contributed by atoms with van der Waals surface area (Å²) in [7, 11) is 0. The predicted molar refractivity (Wildman–Crippen MR) is 130 cm³/mol. The monoisotopic (exact) mass is 533 g/mol. The zero-order chi connectivity index (χ0) is 22.1. The number of fused-ring (bicyclic) bond motifs is 1. The van der Waals surface area contributed by atoms with Crippen LogP contribution in [0.4, 0.5) is 5.69 Å². The van der Waals surface area contributed by atoms with Crippen LogP contribution in [-0.2, 0) is 0 Å². The van der Waals surface area contributed by atoms with Gasteiger partial charge < -0.3 is 10.0 Å². The number of halogens is 2. The first kappa shape index (κ1) is 22.6. The summed E-state index contributed by atoms with van der Waals surface area (Å²) < 4.78 is 1.11. The van der Waals surface area contributed by atoms with Crippen molar-refractivity contribution in [2.45, 2.75) is 39.7 Å². The Bertz CT molecular complexity index is 1040. The Morgan fingerprint density at radius 1 is 1.27 bits per heavy atom. The number of anilines is 1. The topological polar surface area (TPSA) is 64.9 Å². The molecule has 0 aliphatic carbocycles. The molecule has 1 amide bonds. The van der Waals surface area contributed by atoms with E-state index in [1.807, 2.05) is 6.07 Å². The molecule has 0 spiro atoms. The van der Waals surface area contributed by atoms with Crippen molar-refractivity contribution in [3.63, 3.8) is 0 Å². The summed E-state index contributed by atoms with van der Waals surface area (Å²) in [5, 5.41) is 14.2. The minimum atomic E-state index is -0.490. The van der Waals surface area contributed by atoms with Crippen molar-refractivity contribution in [2.75, 3.05) is 11.4 Å². The van der Waals surface area contributed by atoms with Crippen LogP contribution in [0.1, 0.15) is 55.6 Å². The number of amides is 1. The van der Waals surface area contributed by atoms with E-state index >= 15 is 0 Å². The highest BCUT2D eigenvalue weighted by Gasteiger charge is 2.30. The molecule has 1 aliphatic heterocycles. The Morgan fingerprint density at radius 3 is 2.70 bits per heavy atom. The average molecular weight is 535 g/mol. The second kappa shape index (κ2) is 8.94. The molecule has 0 fully saturated rings. The highest BCUT2D eigenvalue weighted by atomic mass is 79.9. The van der Waals surface area contributed by atoms with Gasteiger partial charge in [-0.05, 0) is 78.5 Å². The van der Waals surface area contributed by atoms with Crippen molar-refractivity contribution < 1.29 is 9.90 Å². The maximum absolute atomic E-state index is 12.4. The summed E-state index contributed by atoms with van der Waals surface area (Å²) in [6.45, 7) is 9.76. The summed E-state index contributed by atoms with van der Waals surface area (Å²) in [5.41, 5.74) is 7.09. The van der Waals surface area contributed by atoms with Crippen LogP contribution in [0.15, 0.2) is 50.5 Å². The largest absolute Gasteiger partial charge is 0.506 e. The van der Waals surface area contributed by atoms with Gasteiger partial charge in [-0.3, -0.25) is 4.79 Å². The van der Waals surface area contributed by atoms with E-state index in [0.717, 1.165) is 18.5 Å². The second-order valence-corrected chi connectivity index (χ2v) is 9.66. The third-order valence-electron chi connectivity index (χ3n) is 5.10. The molecule has 3 rings (SSSR count). The van der Waals surface area contributed by atoms with Gasteiger partial charge in [0, 0.05) is 22.3 Å². The number of phenolic OH excluding ortho intramolecular Hbond substituents is 1. The number of nitrogens with one attached hydrogen (secondary N) is 1. The van der Waals surface area contributed by atoms with Crippen LogP contribution in [0.5, 0.6) is 5.75 Å². The summed E-state index contributed by atoms with van der Waals surface area (Å²) in [5.74, 6) is -0.616. The van der Waals surface area contributed by atoms with Crippen molar-refractivity contribution in [3.8, 4) is 5.75 Å². The molecule has 0 unspecified atom stereocenters. The number of allylic oxidation sites excluding steroid dienone is 1. The molecule has 0 saturated heterocycles. The molecule has 1 aliphatic rings. The van der Waals surface area contributed by atoms with Gasteiger partial charge in [0.2, 0.25) is 0 Å². The van der Waals surface area contributed by atoms with E-state index in [1.54, 1.807) is 18.3 Å². The fourth-order valence-corrected chi connectivity index (χ4v) is 5.00. The number of carbonyl (C=O) groups is 1. The number of hydrogen-bond donors (Lipinski definition) is 2. The lowest BCUT2D eigenvalue weighted by Crippen LogP contribution is -2.45. The third kappa shape index (κ3) is 4.62. The number of carbonyl (C=O) groups excluding carboxylic acids is 1. The zero-order valence-corrected chi connectivity index (χ0v) is 20.6. The summed E-state index contributed by atoms with van der Waals surface area (Å²) >= 11 is 6.54. The maximum atomic E-state index is 12.4. The van der Waals surface area contributed by atoms with Crippen molar-refractivity contribution in [1.29, 1.82) is 0 Å². The molecule has 2 aromatic rings. The van der Waals surface area contributed by atoms with E-state index in [0.29, 0.717) is 8.95 Å². The van der Waals surface area contributed by atoms with Gasteiger partial charge in [0.05, 0.1) is 21.8 Å². The molecule has 7 heteroatoms. The number of phenols is 1. The van der Waals surface area contributed by atoms with E-state index in [-0.39, 0.29) is 16.9 Å². The molecule has 158 valence electrons. The van der Waals surface area contributed by atoms with Gasteiger partial charge in [0.15, 0.2) is 0 Å². The van der Waals surface area contributed by atoms with Crippen molar-refractivity contribution in [3.05, 3.63) is 62.0 Å². The smallest absolute Gasteiger partial charge is 0.275 e. The lowest BCUT2D eigenvalue weighted by atomic mass is 9.88. The van der Waals surface area contributed by atoms with Gasteiger partial charge in [-0.15, -0.1) is 0 Å². The molecule has 0 atom stereocenters. The van der Waals surface area contributed by atoms with Gasteiger partial charge in [0.25, 0.3) is 5.91 Å². The Hall–Kier alpha value is -2.12. The van der Waals surface area contributed by atoms with Crippen molar-refractivity contribution in [2.24, 2.45) is 5.10 Å². The summed E-state index contributed by atoms with van der Waals surface area (Å²) in [6.07, 6.45) is 4.98. The molecule has 5 nitrogen and oxygen atoms in total. The maximum Gasteiger partial charge on any atom is 0.275 e. The molecule has 0 aromatic heterocycles. The normalized spacial score (nSPS) is 15.1. The van der Waals surface area contributed by atoms with Crippen LogP contribution in [0, 0.1) is 0 Å². The zero-order valence-electron chi connectivity index (χ0n) is 17.5. The van der Waals surface area contributed by atoms with Crippen molar-refractivity contribution >= 4 is 55.2 Å². The molecule has 0 saturated carbocycles. The van der Waals surface area contributed by atoms with Gasteiger partial charge >= 0.3 is 0 Å². The average Bonchev–Trinajstić information content (AvgIpc) is 2.67. The molecule has 0 radical (unpaired) electrons. The number of nitrogens with zero attached hydrogens (tertiary/aromatic N) is 2. The molecular formula is C23H25Br2N3O2. The third-order valence-corrected chi connectivity index (χ3v) is 6.16. The highest BCUT2D eigenvalue weighted by molar-refractivity contribution is 9.11. The lowest BCUT2D eigenvalue weighted by molar-refractivity contribution is 0.0952. The van der Waals surface area contributed by atoms with E-state index in [2.05, 4.69) is 93.2 Å².